The second-order valence-electron chi connectivity index (χ2n) is 5.17. The molecule has 0 bridgehead atoms. The average molecular weight is 205 g/mol. The van der Waals surface area contributed by atoms with Gasteiger partial charge in [-0.05, 0) is 38.3 Å². The van der Waals surface area contributed by atoms with Crippen molar-refractivity contribution in [3.8, 4) is 0 Å². The third kappa shape index (κ3) is 4.98. The van der Waals surface area contributed by atoms with Gasteiger partial charge in [-0.3, -0.25) is 0 Å². The lowest BCUT2D eigenvalue weighted by Crippen LogP contribution is -2.35. The predicted molar refractivity (Wildman–Crippen MR) is 67.0 cm³/mol. The zero-order valence-corrected chi connectivity index (χ0v) is 10.4. The summed E-state index contributed by atoms with van der Waals surface area (Å²) in [7, 11) is 0. The highest BCUT2D eigenvalue weighted by atomic mass is 14.9. The summed E-state index contributed by atoms with van der Waals surface area (Å²) >= 11 is 0. The maximum absolute atomic E-state index is 3.51. The molecule has 1 nitrogen and oxygen atoms in total. The lowest BCUT2D eigenvalue weighted by molar-refractivity contribution is 0.424. The molecule has 1 N–H and O–H groups in total. The second kappa shape index (κ2) is 5.32. The molecule has 0 saturated heterocycles. The summed E-state index contributed by atoms with van der Waals surface area (Å²) in [5.41, 5.74) is 3.03. The fraction of sp³-hybridized carbons (Fsp3) is 0.571. The van der Waals surface area contributed by atoms with Crippen LogP contribution >= 0.6 is 0 Å². The molecular formula is C14H23N. The Kier molecular flexibility index (Phi) is 4.34. The summed E-state index contributed by atoms with van der Waals surface area (Å²) in [5.74, 6) is 0. The Morgan fingerprint density at radius 1 is 1.13 bits per heavy atom. The van der Waals surface area contributed by atoms with E-state index >= 15 is 0 Å². The van der Waals surface area contributed by atoms with Gasteiger partial charge in [0.15, 0.2) is 0 Å². The number of hydrogen-bond acceptors (Lipinski definition) is 1. The Balaban J connectivity index is 2.57. The number of hydrogen-bond donors (Lipinski definition) is 1. The molecule has 0 amide bonds. The summed E-state index contributed by atoms with van der Waals surface area (Å²) in [5, 5.41) is 3.51. The van der Waals surface area contributed by atoms with E-state index in [1.165, 1.54) is 24.0 Å². The monoisotopic (exact) mass is 205 g/mol. The number of benzene rings is 1. The fourth-order valence-corrected chi connectivity index (χ4v) is 1.55. The van der Waals surface area contributed by atoms with Gasteiger partial charge in [0.05, 0.1) is 0 Å². The molecule has 15 heavy (non-hydrogen) atoms. The summed E-state index contributed by atoms with van der Waals surface area (Å²) in [6, 6.07) is 8.87. The van der Waals surface area contributed by atoms with Crippen LogP contribution in [0.4, 0.5) is 0 Å². The molecule has 1 rings (SSSR count). The van der Waals surface area contributed by atoms with Gasteiger partial charge in [-0.1, -0.05) is 37.6 Å². The van der Waals surface area contributed by atoms with Gasteiger partial charge in [-0.25, -0.2) is 0 Å². The van der Waals surface area contributed by atoms with Gasteiger partial charge >= 0.3 is 0 Å². The SMILES string of the molecule is CCCc1cccc(CNC(C)(C)C)c1. The highest BCUT2D eigenvalue weighted by Crippen LogP contribution is 2.09. The minimum Gasteiger partial charge on any atom is -0.308 e. The molecule has 0 heterocycles. The van der Waals surface area contributed by atoms with Crippen molar-refractivity contribution in [2.45, 2.75) is 52.6 Å². The van der Waals surface area contributed by atoms with E-state index in [0.717, 1.165) is 6.54 Å². The van der Waals surface area contributed by atoms with Crippen LogP contribution in [0, 0.1) is 0 Å². The maximum Gasteiger partial charge on any atom is 0.0210 e. The number of aryl methyl sites for hydroxylation is 1. The Morgan fingerprint density at radius 2 is 1.80 bits per heavy atom. The summed E-state index contributed by atoms with van der Waals surface area (Å²) < 4.78 is 0. The van der Waals surface area contributed by atoms with Gasteiger partial charge in [0.2, 0.25) is 0 Å². The Morgan fingerprint density at radius 3 is 2.40 bits per heavy atom. The van der Waals surface area contributed by atoms with Crippen LogP contribution in [0.25, 0.3) is 0 Å². The molecule has 84 valence electrons. The van der Waals surface area contributed by atoms with Crippen molar-refractivity contribution in [2.24, 2.45) is 0 Å². The van der Waals surface area contributed by atoms with Gasteiger partial charge in [0.1, 0.15) is 0 Å². The first-order valence-electron chi connectivity index (χ1n) is 5.84. The van der Waals surface area contributed by atoms with Crippen molar-refractivity contribution >= 4 is 0 Å². The first kappa shape index (κ1) is 12.3. The molecule has 0 aliphatic rings. The first-order valence-corrected chi connectivity index (χ1v) is 5.84. The zero-order valence-electron chi connectivity index (χ0n) is 10.4. The molecule has 0 saturated carbocycles. The minimum atomic E-state index is 0.195. The molecule has 1 aromatic carbocycles. The van der Waals surface area contributed by atoms with E-state index in [-0.39, 0.29) is 5.54 Å². The van der Waals surface area contributed by atoms with Crippen molar-refractivity contribution in [3.05, 3.63) is 35.4 Å². The Hall–Kier alpha value is -0.820. The van der Waals surface area contributed by atoms with Crippen molar-refractivity contribution in [2.75, 3.05) is 0 Å². The van der Waals surface area contributed by atoms with E-state index in [1.807, 2.05) is 0 Å². The smallest absolute Gasteiger partial charge is 0.0210 e. The second-order valence-corrected chi connectivity index (χ2v) is 5.17. The van der Waals surface area contributed by atoms with Crippen LogP contribution in [-0.2, 0) is 13.0 Å². The van der Waals surface area contributed by atoms with Crippen molar-refractivity contribution in [3.63, 3.8) is 0 Å². The van der Waals surface area contributed by atoms with E-state index < -0.39 is 0 Å². The summed E-state index contributed by atoms with van der Waals surface area (Å²) in [4.78, 5) is 0. The lowest BCUT2D eigenvalue weighted by Gasteiger charge is -2.20. The van der Waals surface area contributed by atoms with Crippen LogP contribution in [0.1, 0.15) is 45.2 Å². The number of rotatable bonds is 4. The summed E-state index contributed by atoms with van der Waals surface area (Å²) in [6.45, 7) is 9.77. The van der Waals surface area contributed by atoms with Crippen LogP contribution in [0.2, 0.25) is 0 Å². The summed E-state index contributed by atoms with van der Waals surface area (Å²) in [6.07, 6.45) is 2.40. The minimum absolute atomic E-state index is 0.195. The van der Waals surface area contributed by atoms with Crippen LogP contribution < -0.4 is 5.32 Å². The van der Waals surface area contributed by atoms with Gasteiger partial charge in [0.25, 0.3) is 0 Å². The topological polar surface area (TPSA) is 12.0 Å². The lowest BCUT2D eigenvalue weighted by atomic mass is 10.1. The van der Waals surface area contributed by atoms with Crippen LogP contribution in [-0.4, -0.2) is 5.54 Å². The van der Waals surface area contributed by atoms with Gasteiger partial charge in [-0.15, -0.1) is 0 Å². The van der Waals surface area contributed by atoms with Gasteiger partial charge < -0.3 is 5.32 Å². The average Bonchev–Trinajstić information content (AvgIpc) is 2.15. The Bertz CT molecular complexity index is 296. The molecule has 0 spiro atoms. The van der Waals surface area contributed by atoms with Gasteiger partial charge in [0, 0.05) is 12.1 Å². The molecular weight excluding hydrogens is 182 g/mol. The van der Waals surface area contributed by atoms with Crippen LogP contribution in [0.15, 0.2) is 24.3 Å². The van der Waals surface area contributed by atoms with Gasteiger partial charge in [-0.2, -0.15) is 0 Å². The third-order valence-corrected chi connectivity index (χ3v) is 2.35. The molecule has 1 aromatic rings. The highest BCUT2D eigenvalue weighted by Gasteiger charge is 2.08. The molecule has 0 aromatic heterocycles. The quantitative estimate of drug-likeness (QED) is 0.793. The normalized spacial score (nSPS) is 11.7. The van der Waals surface area contributed by atoms with Crippen molar-refractivity contribution in [1.29, 1.82) is 0 Å². The fourth-order valence-electron chi connectivity index (χ4n) is 1.55. The highest BCUT2D eigenvalue weighted by molar-refractivity contribution is 5.23. The van der Waals surface area contributed by atoms with Crippen LogP contribution in [0.5, 0.6) is 0 Å². The predicted octanol–water partition coefficient (Wildman–Crippen LogP) is 3.53. The van der Waals surface area contributed by atoms with Crippen molar-refractivity contribution in [1.82, 2.24) is 5.32 Å². The van der Waals surface area contributed by atoms with E-state index in [0.29, 0.717) is 0 Å². The first-order chi connectivity index (χ1) is 7.01. The molecule has 0 radical (unpaired) electrons. The molecule has 0 aliphatic carbocycles. The van der Waals surface area contributed by atoms with E-state index in [4.69, 9.17) is 0 Å². The standard InChI is InChI=1S/C14H23N/c1-5-7-12-8-6-9-13(10-12)11-15-14(2,3)4/h6,8-10,15H,5,7,11H2,1-4H3. The van der Waals surface area contributed by atoms with Crippen molar-refractivity contribution < 1.29 is 0 Å². The third-order valence-electron chi connectivity index (χ3n) is 2.35. The van der Waals surface area contributed by atoms with E-state index in [9.17, 15) is 0 Å². The molecule has 0 fully saturated rings. The molecule has 1 heteroatoms. The Labute approximate surface area is 93.9 Å². The largest absolute Gasteiger partial charge is 0.308 e. The molecule has 0 unspecified atom stereocenters. The number of nitrogens with one attached hydrogen (secondary N) is 1. The zero-order chi connectivity index (χ0) is 11.3. The van der Waals surface area contributed by atoms with Crippen LogP contribution in [0.3, 0.4) is 0 Å². The van der Waals surface area contributed by atoms with E-state index in [2.05, 4.69) is 57.3 Å². The van der Waals surface area contributed by atoms with E-state index in [1.54, 1.807) is 0 Å². The molecule has 0 aliphatic heterocycles. The molecule has 0 atom stereocenters. The maximum atomic E-state index is 3.51.